The van der Waals surface area contributed by atoms with Gasteiger partial charge in [0.05, 0.1) is 5.56 Å². The number of amides is 1. The molecule has 2 rings (SSSR count). The summed E-state index contributed by atoms with van der Waals surface area (Å²) in [6.45, 7) is 5.48. The van der Waals surface area contributed by atoms with Crippen LogP contribution in [0.15, 0.2) is 42.5 Å². The van der Waals surface area contributed by atoms with Crippen molar-refractivity contribution in [3.8, 4) is 0 Å². The number of esters is 1. The summed E-state index contributed by atoms with van der Waals surface area (Å²) in [5.74, 6) is -1.77. The van der Waals surface area contributed by atoms with E-state index >= 15 is 0 Å². The number of carbonyl (C=O) groups is 2. The van der Waals surface area contributed by atoms with Gasteiger partial charge in [0.25, 0.3) is 5.91 Å². The number of nitrogens with one attached hydrogen (secondary N) is 1. The Bertz CT molecular complexity index is 756. The molecule has 0 fully saturated rings. The molecule has 0 saturated carbocycles. The normalized spacial score (nSPS) is 10.5. The second-order valence-electron chi connectivity index (χ2n) is 5.80. The third-order valence-corrected chi connectivity index (χ3v) is 3.62. The largest absolute Gasteiger partial charge is 0.452 e. The zero-order chi connectivity index (χ0) is 17.7. The highest BCUT2D eigenvalue weighted by Gasteiger charge is 2.16. The second-order valence-corrected chi connectivity index (χ2v) is 5.80. The SMILES string of the molecule is Cc1cccc(C(C)C)c1NC(=O)COC(=O)c1ccccc1F. The van der Waals surface area contributed by atoms with Crippen LogP contribution in [0, 0.1) is 12.7 Å². The first-order valence-electron chi connectivity index (χ1n) is 7.71. The Kier molecular flexibility index (Phi) is 5.68. The number of carbonyl (C=O) groups excluding carboxylic acids is 2. The first-order valence-corrected chi connectivity index (χ1v) is 7.71. The summed E-state index contributed by atoms with van der Waals surface area (Å²) in [5, 5.41) is 2.77. The van der Waals surface area contributed by atoms with Gasteiger partial charge in [-0.3, -0.25) is 4.79 Å². The molecule has 0 aliphatic heterocycles. The number of hydrogen-bond acceptors (Lipinski definition) is 3. The van der Waals surface area contributed by atoms with Gasteiger partial charge in [0.1, 0.15) is 5.82 Å². The fourth-order valence-electron chi connectivity index (χ4n) is 2.35. The minimum Gasteiger partial charge on any atom is -0.452 e. The van der Waals surface area contributed by atoms with Crippen LogP contribution in [0.25, 0.3) is 0 Å². The van der Waals surface area contributed by atoms with E-state index in [0.29, 0.717) is 0 Å². The smallest absolute Gasteiger partial charge is 0.341 e. The lowest BCUT2D eigenvalue weighted by Crippen LogP contribution is -2.22. The van der Waals surface area contributed by atoms with Gasteiger partial charge in [0, 0.05) is 5.69 Å². The van der Waals surface area contributed by atoms with E-state index in [4.69, 9.17) is 4.74 Å². The average molecular weight is 329 g/mol. The van der Waals surface area contributed by atoms with E-state index < -0.39 is 24.3 Å². The summed E-state index contributed by atoms with van der Waals surface area (Å²) >= 11 is 0. The maximum absolute atomic E-state index is 13.5. The van der Waals surface area contributed by atoms with Crippen LogP contribution in [0.2, 0.25) is 0 Å². The number of hydrogen-bond donors (Lipinski definition) is 1. The van der Waals surface area contributed by atoms with Gasteiger partial charge in [0.2, 0.25) is 0 Å². The Morgan fingerprint density at radius 1 is 1.12 bits per heavy atom. The van der Waals surface area contributed by atoms with Crippen LogP contribution in [0.1, 0.15) is 41.3 Å². The molecule has 0 aliphatic rings. The molecule has 0 atom stereocenters. The predicted octanol–water partition coefficient (Wildman–Crippen LogP) is 4.05. The van der Waals surface area contributed by atoms with Crippen molar-refractivity contribution in [1.29, 1.82) is 0 Å². The molecule has 0 radical (unpaired) electrons. The van der Waals surface area contributed by atoms with Crippen LogP contribution in [0.3, 0.4) is 0 Å². The molecule has 0 aromatic heterocycles. The van der Waals surface area contributed by atoms with Crippen molar-refractivity contribution in [3.05, 3.63) is 65.0 Å². The molecular weight excluding hydrogens is 309 g/mol. The molecule has 4 nitrogen and oxygen atoms in total. The fourth-order valence-corrected chi connectivity index (χ4v) is 2.35. The van der Waals surface area contributed by atoms with Crippen molar-refractivity contribution in [2.75, 3.05) is 11.9 Å². The minimum absolute atomic E-state index is 0.191. The summed E-state index contributed by atoms with van der Waals surface area (Å²) in [5.41, 5.74) is 2.46. The van der Waals surface area contributed by atoms with E-state index in [1.807, 2.05) is 39.0 Å². The number of halogens is 1. The van der Waals surface area contributed by atoms with Gasteiger partial charge in [-0.15, -0.1) is 0 Å². The Hall–Kier alpha value is -2.69. The van der Waals surface area contributed by atoms with Crippen LogP contribution in [-0.2, 0) is 9.53 Å². The molecule has 0 saturated heterocycles. The number of rotatable bonds is 5. The number of anilines is 1. The summed E-state index contributed by atoms with van der Waals surface area (Å²) < 4.78 is 18.4. The van der Waals surface area contributed by atoms with E-state index in [1.165, 1.54) is 24.3 Å². The van der Waals surface area contributed by atoms with Crippen LogP contribution < -0.4 is 5.32 Å². The van der Waals surface area contributed by atoms with Crippen molar-refractivity contribution in [2.45, 2.75) is 26.7 Å². The van der Waals surface area contributed by atoms with Crippen molar-refractivity contribution in [1.82, 2.24) is 0 Å². The number of aryl methyl sites for hydroxylation is 1. The number of benzene rings is 2. The molecule has 24 heavy (non-hydrogen) atoms. The van der Waals surface area contributed by atoms with Crippen molar-refractivity contribution in [3.63, 3.8) is 0 Å². The highest BCUT2D eigenvalue weighted by Crippen LogP contribution is 2.27. The lowest BCUT2D eigenvalue weighted by atomic mass is 9.98. The minimum atomic E-state index is -0.864. The van der Waals surface area contributed by atoms with Gasteiger partial charge in [-0.25, -0.2) is 9.18 Å². The molecule has 1 amide bonds. The molecule has 2 aromatic carbocycles. The van der Waals surface area contributed by atoms with Gasteiger partial charge < -0.3 is 10.1 Å². The van der Waals surface area contributed by atoms with E-state index in [1.54, 1.807) is 0 Å². The highest BCUT2D eigenvalue weighted by atomic mass is 19.1. The highest BCUT2D eigenvalue weighted by molar-refractivity contribution is 5.96. The van der Waals surface area contributed by atoms with Crippen molar-refractivity contribution in [2.24, 2.45) is 0 Å². The summed E-state index contributed by atoms with van der Waals surface area (Å²) in [7, 11) is 0. The lowest BCUT2D eigenvalue weighted by molar-refractivity contribution is -0.119. The van der Waals surface area contributed by atoms with E-state index in [2.05, 4.69) is 5.32 Å². The van der Waals surface area contributed by atoms with Crippen LogP contribution in [-0.4, -0.2) is 18.5 Å². The third kappa shape index (κ3) is 4.19. The lowest BCUT2D eigenvalue weighted by Gasteiger charge is -2.16. The maximum atomic E-state index is 13.5. The molecule has 1 N–H and O–H groups in total. The fraction of sp³-hybridized carbons (Fsp3) is 0.263. The quantitative estimate of drug-likeness (QED) is 0.842. The molecule has 126 valence electrons. The zero-order valence-corrected chi connectivity index (χ0v) is 13.9. The summed E-state index contributed by atoms with van der Waals surface area (Å²) in [4.78, 5) is 23.9. The molecule has 0 aliphatic carbocycles. The Labute approximate surface area is 140 Å². The van der Waals surface area contributed by atoms with Gasteiger partial charge in [-0.2, -0.15) is 0 Å². The average Bonchev–Trinajstić information content (AvgIpc) is 2.54. The van der Waals surface area contributed by atoms with Crippen LogP contribution >= 0.6 is 0 Å². The van der Waals surface area contributed by atoms with E-state index in [-0.39, 0.29) is 11.5 Å². The van der Waals surface area contributed by atoms with Crippen molar-refractivity contribution < 1.29 is 18.7 Å². The number of ether oxygens (including phenoxy) is 1. The van der Waals surface area contributed by atoms with Crippen LogP contribution in [0.5, 0.6) is 0 Å². The molecule has 0 unspecified atom stereocenters. The molecule has 0 bridgehead atoms. The van der Waals surface area contributed by atoms with Gasteiger partial charge in [-0.1, -0.05) is 44.2 Å². The second kappa shape index (κ2) is 7.73. The third-order valence-electron chi connectivity index (χ3n) is 3.62. The summed E-state index contributed by atoms with van der Waals surface area (Å²) in [6, 6.07) is 11.3. The Morgan fingerprint density at radius 2 is 1.83 bits per heavy atom. The zero-order valence-electron chi connectivity index (χ0n) is 13.9. The molecule has 5 heteroatoms. The topological polar surface area (TPSA) is 55.4 Å². The molecule has 0 heterocycles. The van der Waals surface area contributed by atoms with Gasteiger partial charge in [-0.05, 0) is 36.1 Å². The standard InChI is InChI=1S/C19H20FNO3/c1-12(2)14-9-6-7-13(3)18(14)21-17(22)11-24-19(23)15-8-4-5-10-16(15)20/h4-10,12H,11H2,1-3H3,(H,21,22). The van der Waals surface area contributed by atoms with Gasteiger partial charge >= 0.3 is 5.97 Å². The Balaban J connectivity index is 2.02. The van der Waals surface area contributed by atoms with E-state index in [0.717, 1.165) is 16.8 Å². The monoisotopic (exact) mass is 329 g/mol. The Morgan fingerprint density at radius 3 is 2.50 bits per heavy atom. The first kappa shape index (κ1) is 17.7. The molecular formula is C19H20FNO3. The molecule has 2 aromatic rings. The first-order chi connectivity index (χ1) is 11.4. The number of para-hydroxylation sites is 1. The van der Waals surface area contributed by atoms with Crippen LogP contribution in [0.4, 0.5) is 10.1 Å². The maximum Gasteiger partial charge on any atom is 0.341 e. The van der Waals surface area contributed by atoms with Gasteiger partial charge in [0.15, 0.2) is 6.61 Å². The molecule has 0 spiro atoms. The van der Waals surface area contributed by atoms with Crippen molar-refractivity contribution >= 4 is 17.6 Å². The summed E-state index contributed by atoms with van der Waals surface area (Å²) in [6.07, 6.45) is 0. The predicted molar refractivity (Wildman–Crippen MR) is 90.6 cm³/mol. The van der Waals surface area contributed by atoms with E-state index in [9.17, 15) is 14.0 Å².